The van der Waals surface area contributed by atoms with Gasteiger partial charge in [-0.1, -0.05) is 6.92 Å². The van der Waals surface area contributed by atoms with Crippen molar-refractivity contribution in [1.29, 1.82) is 0 Å². The van der Waals surface area contributed by atoms with Crippen LogP contribution in [0.3, 0.4) is 0 Å². The van der Waals surface area contributed by atoms with E-state index in [0.29, 0.717) is 12.3 Å². The molecule has 3 nitrogen and oxygen atoms in total. The maximum atomic E-state index is 8.88. The van der Waals surface area contributed by atoms with Crippen LogP contribution in [0.25, 0.3) is 0 Å². The van der Waals surface area contributed by atoms with Gasteiger partial charge >= 0.3 is 0 Å². The smallest absolute Gasteiger partial charge is 0.163 e. The maximum Gasteiger partial charge on any atom is 0.163 e. The molecule has 1 aliphatic heterocycles. The third kappa shape index (κ3) is 2.93. The molecule has 0 aromatic carbocycles. The molecule has 1 rings (SSSR count). The van der Waals surface area contributed by atoms with Gasteiger partial charge in [-0.05, 0) is 26.7 Å². The summed E-state index contributed by atoms with van der Waals surface area (Å²) < 4.78 is 11.3. The number of ether oxygens (including phenoxy) is 2. The monoisotopic (exact) mass is 188 g/mol. The van der Waals surface area contributed by atoms with E-state index in [1.807, 2.05) is 13.8 Å². The number of hydrogen-bond acceptors (Lipinski definition) is 3. The van der Waals surface area contributed by atoms with Crippen LogP contribution in [0.5, 0.6) is 0 Å². The summed E-state index contributed by atoms with van der Waals surface area (Å²) >= 11 is 0. The summed E-state index contributed by atoms with van der Waals surface area (Å²) in [4.78, 5) is 0. The molecule has 78 valence electrons. The minimum Gasteiger partial charge on any atom is -0.396 e. The predicted octanol–water partition coefficient (Wildman–Crippen LogP) is 1.55. The molecule has 1 N–H and O–H groups in total. The second-order valence-corrected chi connectivity index (χ2v) is 4.05. The highest BCUT2D eigenvalue weighted by Gasteiger charge is 2.34. The highest BCUT2D eigenvalue weighted by Crippen LogP contribution is 2.29. The summed E-state index contributed by atoms with van der Waals surface area (Å²) in [7, 11) is 0. The van der Waals surface area contributed by atoms with Crippen molar-refractivity contribution in [2.24, 2.45) is 5.92 Å². The number of hydrogen-bond donors (Lipinski definition) is 1. The zero-order valence-electron chi connectivity index (χ0n) is 8.75. The Morgan fingerprint density at radius 2 is 2.15 bits per heavy atom. The first-order valence-corrected chi connectivity index (χ1v) is 5.01. The average Bonchev–Trinajstić information content (AvgIpc) is 2.04. The van der Waals surface area contributed by atoms with Gasteiger partial charge in [-0.25, -0.2) is 0 Å². The van der Waals surface area contributed by atoms with E-state index < -0.39 is 5.79 Å². The molecule has 2 atom stereocenters. The number of rotatable bonds is 3. The van der Waals surface area contributed by atoms with E-state index in [2.05, 4.69) is 6.92 Å². The summed E-state index contributed by atoms with van der Waals surface area (Å²) in [6, 6.07) is 0. The van der Waals surface area contributed by atoms with E-state index in [0.717, 1.165) is 13.0 Å². The SMILES string of the molecule is CCC1COC(C)(C)OC1CCO. The fourth-order valence-corrected chi connectivity index (χ4v) is 1.71. The molecule has 0 aromatic heterocycles. The van der Waals surface area contributed by atoms with Crippen LogP contribution in [-0.4, -0.2) is 30.2 Å². The van der Waals surface area contributed by atoms with E-state index in [4.69, 9.17) is 14.6 Å². The maximum absolute atomic E-state index is 8.88. The minimum atomic E-state index is -0.481. The first kappa shape index (κ1) is 11.0. The molecule has 0 radical (unpaired) electrons. The molecule has 0 aliphatic carbocycles. The van der Waals surface area contributed by atoms with Gasteiger partial charge in [0.15, 0.2) is 5.79 Å². The van der Waals surface area contributed by atoms with Crippen LogP contribution >= 0.6 is 0 Å². The highest BCUT2D eigenvalue weighted by atomic mass is 16.7. The van der Waals surface area contributed by atoms with Crippen molar-refractivity contribution in [1.82, 2.24) is 0 Å². The molecule has 2 unspecified atom stereocenters. The molecule has 13 heavy (non-hydrogen) atoms. The Morgan fingerprint density at radius 1 is 1.46 bits per heavy atom. The van der Waals surface area contributed by atoms with Gasteiger partial charge in [0.1, 0.15) is 0 Å². The Hall–Kier alpha value is -0.120. The quantitative estimate of drug-likeness (QED) is 0.730. The van der Waals surface area contributed by atoms with Crippen LogP contribution in [0.2, 0.25) is 0 Å². The van der Waals surface area contributed by atoms with Gasteiger partial charge in [0.2, 0.25) is 0 Å². The lowest BCUT2D eigenvalue weighted by Crippen LogP contribution is -2.45. The summed E-state index contributed by atoms with van der Waals surface area (Å²) in [6.45, 7) is 6.90. The average molecular weight is 188 g/mol. The third-order valence-electron chi connectivity index (χ3n) is 2.54. The summed E-state index contributed by atoms with van der Waals surface area (Å²) in [6.07, 6.45) is 1.91. The zero-order chi connectivity index (χ0) is 9.90. The van der Waals surface area contributed by atoms with Gasteiger partial charge in [0.05, 0.1) is 12.7 Å². The van der Waals surface area contributed by atoms with Crippen molar-refractivity contribution in [3.05, 3.63) is 0 Å². The molecule has 0 spiro atoms. The van der Waals surface area contributed by atoms with Gasteiger partial charge in [-0.2, -0.15) is 0 Å². The fourth-order valence-electron chi connectivity index (χ4n) is 1.71. The van der Waals surface area contributed by atoms with E-state index in [1.54, 1.807) is 0 Å². The number of aliphatic hydroxyl groups excluding tert-OH is 1. The molecule has 1 heterocycles. The van der Waals surface area contributed by atoms with Crippen molar-refractivity contribution >= 4 is 0 Å². The van der Waals surface area contributed by atoms with Crippen molar-refractivity contribution in [3.63, 3.8) is 0 Å². The molecule has 0 bridgehead atoms. The molecule has 1 aliphatic rings. The van der Waals surface area contributed by atoms with Crippen molar-refractivity contribution in [2.75, 3.05) is 13.2 Å². The van der Waals surface area contributed by atoms with Gasteiger partial charge in [0.25, 0.3) is 0 Å². The van der Waals surface area contributed by atoms with E-state index >= 15 is 0 Å². The van der Waals surface area contributed by atoms with Crippen LogP contribution in [0.4, 0.5) is 0 Å². The lowest BCUT2D eigenvalue weighted by molar-refractivity contribution is -0.294. The third-order valence-corrected chi connectivity index (χ3v) is 2.54. The van der Waals surface area contributed by atoms with Crippen molar-refractivity contribution < 1.29 is 14.6 Å². The van der Waals surface area contributed by atoms with Crippen LogP contribution in [-0.2, 0) is 9.47 Å². The Bertz CT molecular complexity index is 156. The Balaban J connectivity index is 2.52. The zero-order valence-corrected chi connectivity index (χ0v) is 8.75. The van der Waals surface area contributed by atoms with Crippen LogP contribution in [0.1, 0.15) is 33.6 Å². The van der Waals surface area contributed by atoms with Crippen molar-refractivity contribution in [3.8, 4) is 0 Å². The summed E-state index contributed by atoms with van der Waals surface area (Å²) in [5.41, 5.74) is 0. The van der Waals surface area contributed by atoms with Crippen LogP contribution < -0.4 is 0 Å². The molecule has 0 amide bonds. The van der Waals surface area contributed by atoms with E-state index in [9.17, 15) is 0 Å². The normalized spacial score (nSPS) is 33.2. The summed E-state index contributed by atoms with van der Waals surface area (Å²) in [5, 5.41) is 8.88. The minimum absolute atomic E-state index is 0.152. The lowest BCUT2D eigenvalue weighted by atomic mass is 9.96. The Kier molecular flexibility index (Phi) is 3.71. The molecule has 0 saturated carbocycles. The molecule has 3 heteroatoms. The largest absolute Gasteiger partial charge is 0.396 e. The van der Waals surface area contributed by atoms with Gasteiger partial charge in [0, 0.05) is 12.5 Å². The fraction of sp³-hybridized carbons (Fsp3) is 1.00. The standard InChI is InChI=1S/C10H20O3/c1-4-8-7-12-10(2,3)13-9(8)5-6-11/h8-9,11H,4-7H2,1-3H3. The van der Waals surface area contributed by atoms with E-state index in [1.165, 1.54) is 0 Å². The second-order valence-electron chi connectivity index (χ2n) is 4.05. The summed E-state index contributed by atoms with van der Waals surface area (Å²) in [5.74, 6) is -0.0499. The first-order chi connectivity index (χ1) is 6.09. The molecule has 1 saturated heterocycles. The number of aliphatic hydroxyl groups is 1. The highest BCUT2D eigenvalue weighted by molar-refractivity contribution is 4.76. The molecular formula is C10H20O3. The van der Waals surface area contributed by atoms with Gasteiger partial charge in [-0.3, -0.25) is 0 Å². The molecule has 0 aromatic rings. The first-order valence-electron chi connectivity index (χ1n) is 5.01. The van der Waals surface area contributed by atoms with Gasteiger partial charge in [-0.15, -0.1) is 0 Å². The topological polar surface area (TPSA) is 38.7 Å². The second kappa shape index (κ2) is 4.40. The van der Waals surface area contributed by atoms with Crippen LogP contribution in [0.15, 0.2) is 0 Å². The Labute approximate surface area is 80.0 Å². The van der Waals surface area contributed by atoms with Crippen molar-refractivity contribution in [2.45, 2.75) is 45.5 Å². The molecular weight excluding hydrogens is 168 g/mol. The predicted molar refractivity (Wildman–Crippen MR) is 50.4 cm³/mol. The Morgan fingerprint density at radius 3 is 2.69 bits per heavy atom. The van der Waals surface area contributed by atoms with Crippen LogP contribution in [0, 0.1) is 5.92 Å². The van der Waals surface area contributed by atoms with Gasteiger partial charge < -0.3 is 14.6 Å². The lowest BCUT2D eigenvalue weighted by Gasteiger charge is -2.40. The molecule has 1 fully saturated rings. The van der Waals surface area contributed by atoms with E-state index in [-0.39, 0.29) is 12.7 Å².